The van der Waals surface area contributed by atoms with Crippen LogP contribution in [0.5, 0.6) is 11.5 Å². The first-order chi connectivity index (χ1) is 12.0. The quantitative estimate of drug-likeness (QED) is 0.635. The number of carbonyl (C=O) groups is 1. The van der Waals surface area contributed by atoms with Crippen LogP contribution in [0.1, 0.15) is 11.1 Å². The minimum atomic E-state index is -0.250. The Morgan fingerprint density at radius 2 is 2.08 bits per heavy atom. The predicted molar refractivity (Wildman–Crippen MR) is 100 cm³/mol. The Bertz CT molecular complexity index is 882. The number of halogens is 1. The molecule has 2 N–H and O–H groups in total. The van der Waals surface area contributed by atoms with Gasteiger partial charge in [0.15, 0.2) is 16.6 Å². The van der Waals surface area contributed by atoms with Crippen LogP contribution < -0.4 is 10.1 Å². The van der Waals surface area contributed by atoms with Crippen molar-refractivity contribution >= 4 is 40.9 Å². The van der Waals surface area contributed by atoms with Crippen molar-refractivity contribution in [3.8, 4) is 11.5 Å². The molecule has 1 saturated heterocycles. The molecule has 0 atom stereocenters. The van der Waals surface area contributed by atoms with Gasteiger partial charge in [0, 0.05) is 5.02 Å². The summed E-state index contributed by atoms with van der Waals surface area (Å²) in [5.41, 5.74) is 1.79. The van der Waals surface area contributed by atoms with Crippen LogP contribution in [-0.4, -0.2) is 28.1 Å². The van der Waals surface area contributed by atoms with Gasteiger partial charge < -0.3 is 15.2 Å². The molecule has 1 fully saturated rings. The summed E-state index contributed by atoms with van der Waals surface area (Å²) >= 11 is 11.4. The van der Waals surface area contributed by atoms with Crippen molar-refractivity contribution in [2.75, 3.05) is 7.11 Å². The number of phenolic OH excluding ortho intramolecular Hbond substituents is 1. The highest BCUT2D eigenvalue weighted by Gasteiger charge is 2.31. The molecule has 0 aliphatic carbocycles. The Morgan fingerprint density at radius 1 is 1.32 bits per heavy atom. The molecule has 3 rings (SSSR count). The molecule has 128 valence electrons. The summed E-state index contributed by atoms with van der Waals surface area (Å²) < 4.78 is 5.01. The normalized spacial score (nSPS) is 15.6. The van der Waals surface area contributed by atoms with Gasteiger partial charge in [-0.15, -0.1) is 0 Å². The van der Waals surface area contributed by atoms with E-state index in [9.17, 15) is 9.90 Å². The monoisotopic (exact) mass is 374 g/mol. The van der Waals surface area contributed by atoms with Gasteiger partial charge in [0.25, 0.3) is 5.91 Å². The molecule has 0 aromatic heterocycles. The fourth-order valence-corrected chi connectivity index (χ4v) is 2.93. The zero-order chi connectivity index (χ0) is 18.0. The minimum absolute atomic E-state index is 0.00204. The summed E-state index contributed by atoms with van der Waals surface area (Å²) in [7, 11) is 1.47. The third kappa shape index (κ3) is 3.60. The zero-order valence-electron chi connectivity index (χ0n) is 13.3. The topological polar surface area (TPSA) is 61.8 Å². The van der Waals surface area contributed by atoms with E-state index in [1.54, 1.807) is 24.3 Å². The number of benzene rings is 2. The van der Waals surface area contributed by atoms with Gasteiger partial charge in [-0.3, -0.25) is 9.69 Å². The second-order valence-corrected chi connectivity index (χ2v) is 6.20. The number of nitrogens with one attached hydrogen (secondary N) is 1. The van der Waals surface area contributed by atoms with E-state index in [4.69, 9.17) is 28.6 Å². The second kappa shape index (κ2) is 7.13. The molecule has 1 aliphatic heterocycles. The van der Waals surface area contributed by atoms with Gasteiger partial charge in [-0.1, -0.05) is 35.9 Å². The number of carbonyl (C=O) groups excluding carboxylic acids is 1. The van der Waals surface area contributed by atoms with Crippen molar-refractivity contribution in [2.24, 2.45) is 0 Å². The number of nitrogens with zero attached hydrogens (tertiary/aromatic N) is 1. The second-order valence-electron chi connectivity index (χ2n) is 5.40. The van der Waals surface area contributed by atoms with Crippen LogP contribution in [0.15, 0.2) is 48.2 Å². The first kappa shape index (κ1) is 17.3. The van der Waals surface area contributed by atoms with Crippen LogP contribution in [-0.2, 0) is 11.3 Å². The van der Waals surface area contributed by atoms with E-state index in [2.05, 4.69) is 5.32 Å². The van der Waals surface area contributed by atoms with E-state index in [1.165, 1.54) is 18.1 Å². The van der Waals surface area contributed by atoms with E-state index in [0.717, 1.165) is 5.56 Å². The Labute approximate surface area is 155 Å². The zero-order valence-corrected chi connectivity index (χ0v) is 14.9. The molecule has 1 heterocycles. The number of amides is 1. The highest BCUT2D eigenvalue weighted by molar-refractivity contribution is 7.80. The lowest BCUT2D eigenvalue weighted by Gasteiger charge is -2.14. The molecule has 0 unspecified atom stereocenters. The lowest BCUT2D eigenvalue weighted by molar-refractivity contribution is -0.122. The molecule has 2 aromatic carbocycles. The van der Waals surface area contributed by atoms with Crippen molar-refractivity contribution in [3.05, 3.63) is 64.3 Å². The highest BCUT2D eigenvalue weighted by Crippen LogP contribution is 2.28. The van der Waals surface area contributed by atoms with Crippen LogP contribution in [0.2, 0.25) is 5.02 Å². The van der Waals surface area contributed by atoms with Gasteiger partial charge in [-0.25, -0.2) is 0 Å². The summed E-state index contributed by atoms with van der Waals surface area (Å²) in [5, 5.41) is 13.6. The van der Waals surface area contributed by atoms with Gasteiger partial charge in [-0.05, 0) is 47.6 Å². The van der Waals surface area contributed by atoms with Crippen LogP contribution >= 0.6 is 23.8 Å². The van der Waals surface area contributed by atoms with Gasteiger partial charge in [-0.2, -0.15) is 0 Å². The Balaban J connectivity index is 1.83. The molecule has 0 bridgehead atoms. The number of aromatic hydroxyl groups is 1. The highest BCUT2D eigenvalue weighted by atomic mass is 35.5. The number of methoxy groups -OCH3 is 1. The molecule has 2 aromatic rings. The predicted octanol–water partition coefficient (Wildman–Crippen LogP) is 3.31. The molecule has 25 heavy (non-hydrogen) atoms. The van der Waals surface area contributed by atoms with Crippen LogP contribution in [0.25, 0.3) is 6.08 Å². The van der Waals surface area contributed by atoms with Gasteiger partial charge >= 0.3 is 0 Å². The van der Waals surface area contributed by atoms with Gasteiger partial charge in [0.2, 0.25) is 0 Å². The molecule has 0 saturated carbocycles. The summed E-state index contributed by atoms with van der Waals surface area (Å²) in [5.74, 6) is 0.113. The fraction of sp³-hybridized carbons (Fsp3) is 0.111. The maximum Gasteiger partial charge on any atom is 0.276 e. The average molecular weight is 375 g/mol. The first-order valence-corrected chi connectivity index (χ1v) is 8.23. The summed E-state index contributed by atoms with van der Waals surface area (Å²) in [6.45, 7) is 0.287. The molecule has 1 amide bonds. The lowest BCUT2D eigenvalue weighted by Crippen LogP contribution is -2.30. The van der Waals surface area contributed by atoms with Crippen molar-refractivity contribution in [1.29, 1.82) is 0 Å². The number of hydrogen-bond acceptors (Lipinski definition) is 4. The van der Waals surface area contributed by atoms with Gasteiger partial charge in [0.05, 0.1) is 13.7 Å². The summed E-state index contributed by atoms with van der Waals surface area (Å²) in [4.78, 5) is 14.1. The first-order valence-electron chi connectivity index (χ1n) is 7.44. The van der Waals surface area contributed by atoms with Crippen molar-refractivity contribution in [2.45, 2.75) is 6.54 Å². The summed E-state index contributed by atoms with van der Waals surface area (Å²) in [6, 6.07) is 12.2. The Hall–Kier alpha value is -2.57. The smallest absolute Gasteiger partial charge is 0.276 e. The van der Waals surface area contributed by atoms with E-state index < -0.39 is 0 Å². The van der Waals surface area contributed by atoms with Gasteiger partial charge in [0.1, 0.15) is 5.70 Å². The van der Waals surface area contributed by atoms with E-state index in [0.29, 0.717) is 27.1 Å². The molecule has 7 heteroatoms. The molecule has 1 aliphatic rings. The van der Waals surface area contributed by atoms with Crippen LogP contribution in [0.4, 0.5) is 0 Å². The third-order valence-electron chi connectivity index (χ3n) is 3.76. The van der Waals surface area contributed by atoms with E-state index in [-0.39, 0.29) is 18.2 Å². The minimum Gasteiger partial charge on any atom is -0.504 e. The van der Waals surface area contributed by atoms with Crippen LogP contribution in [0, 0.1) is 0 Å². The van der Waals surface area contributed by atoms with Crippen molar-refractivity contribution in [3.63, 3.8) is 0 Å². The maximum atomic E-state index is 12.6. The molecular weight excluding hydrogens is 360 g/mol. The number of ether oxygens (including phenoxy) is 1. The number of phenols is 1. The lowest BCUT2D eigenvalue weighted by atomic mass is 10.1. The number of rotatable bonds is 4. The Morgan fingerprint density at radius 3 is 2.76 bits per heavy atom. The molecule has 0 spiro atoms. The number of hydrogen-bond donors (Lipinski definition) is 2. The van der Waals surface area contributed by atoms with Crippen molar-refractivity contribution in [1.82, 2.24) is 10.2 Å². The third-order valence-corrected chi connectivity index (χ3v) is 4.45. The number of thiocarbonyl (C=S) groups is 1. The van der Waals surface area contributed by atoms with E-state index >= 15 is 0 Å². The standard InChI is InChI=1S/C18H15ClN2O3S/c1-24-16-7-6-11(9-15(16)22)8-14-17(23)21(18(25)20-14)10-12-4-2-3-5-13(12)19/h2-9,22H,10H2,1H3,(H,20,25). The molecule has 5 nitrogen and oxygen atoms in total. The molecule has 0 radical (unpaired) electrons. The van der Waals surface area contributed by atoms with Crippen molar-refractivity contribution < 1.29 is 14.6 Å². The van der Waals surface area contributed by atoms with Crippen LogP contribution in [0.3, 0.4) is 0 Å². The summed E-state index contributed by atoms with van der Waals surface area (Å²) in [6.07, 6.45) is 1.63. The average Bonchev–Trinajstić information content (AvgIpc) is 2.84. The van der Waals surface area contributed by atoms with E-state index in [1.807, 2.05) is 18.2 Å². The maximum absolute atomic E-state index is 12.6. The largest absolute Gasteiger partial charge is 0.504 e. The Kier molecular flexibility index (Phi) is 4.92. The molecular formula is C18H15ClN2O3S. The fourth-order valence-electron chi connectivity index (χ4n) is 2.48. The SMILES string of the molecule is COc1ccc(C=C2NC(=S)N(Cc3ccccc3Cl)C2=O)cc1O.